The molecule has 1 aromatic carbocycles. The van der Waals surface area contributed by atoms with E-state index in [9.17, 15) is 4.79 Å². The predicted octanol–water partition coefficient (Wildman–Crippen LogP) is 2.69. The lowest BCUT2D eigenvalue weighted by molar-refractivity contribution is -0.119. The third-order valence-electron chi connectivity index (χ3n) is 3.25. The van der Waals surface area contributed by atoms with Gasteiger partial charge in [0.2, 0.25) is 5.91 Å². The van der Waals surface area contributed by atoms with Gasteiger partial charge in [-0.15, -0.1) is 11.8 Å². The van der Waals surface area contributed by atoms with Gasteiger partial charge in [-0.05, 0) is 38.3 Å². The molecule has 1 aliphatic heterocycles. The second-order valence-electron chi connectivity index (χ2n) is 5.00. The zero-order chi connectivity index (χ0) is 13.7. The van der Waals surface area contributed by atoms with E-state index >= 15 is 0 Å². The Morgan fingerprint density at radius 2 is 2.32 bits per heavy atom. The Labute approximate surface area is 119 Å². The molecule has 0 aromatic heterocycles. The highest BCUT2D eigenvalue weighted by Crippen LogP contribution is 2.23. The molecule has 4 heteroatoms. The standard InChI is InChI=1S/C15H21NO2S/c1-11-5-6-12(2)14(8-11)19-10-15(17)16-9-13-4-3-7-18-13/h5-6,8,13H,3-4,7,9-10H2,1-2H3,(H,16,17)/t13-/m0/s1. The van der Waals surface area contributed by atoms with Crippen LogP contribution in [0.2, 0.25) is 0 Å². The van der Waals surface area contributed by atoms with E-state index in [4.69, 9.17) is 4.74 Å². The van der Waals surface area contributed by atoms with Crippen molar-refractivity contribution in [3.63, 3.8) is 0 Å². The molecule has 1 heterocycles. The van der Waals surface area contributed by atoms with Gasteiger partial charge in [-0.2, -0.15) is 0 Å². The van der Waals surface area contributed by atoms with E-state index in [-0.39, 0.29) is 12.0 Å². The Kier molecular flexibility index (Phi) is 5.28. The molecule has 0 aliphatic carbocycles. The summed E-state index contributed by atoms with van der Waals surface area (Å²) in [4.78, 5) is 13.0. The molecule has 1 fully saturated rings. The minimum absolute atomic E-state index is 0.0846. The van der Waals surface area contributed by atoms with Crippen molar-refractivity contribution in [3.05, 3.63) is 29.3 Å². The molecule has 1 saturated heterocycles. The van der Waals surface area contributed by atoms with Gasteiger partial charge in [0.05, 0.1) is 11.9 Å². The topological polar surface area (TPSA) is 38.3 Å². The lowest BCUT2D eigenvalue weighted by atomic mass is 10.2. The average molecular weight is 279 g/mol. The molecular formula is C15H21NO2S. The van der Waals surface area contributed by atoms with Gasteiger partial charge in [0.15, 0.2) is 0 Å². The van der Waals surface area contributed by atoms with Crippen molar-refractivity contribution in [1.82, 2.24) is 5.32 Å². The molecule has 1 aromatic rings. The van der Waals surface area contributed by atoms with Gasteiger partial charge in [-0.25, -0.2) is 0 Å². The van der Waals surface area contributed by atoms with Crippen molar-refractivity contribution in [3.8, 4) is 0 Å². The zero-order valence-corrected chi connectivity index (χ0v) is 12.4. The number of nitrogens with one attached hydrogen (secondary N) is 1. The largest absolute Gasteiger partial charge is 0.376 e. The summed E-state index contributed by atoms with van der Waals surface area (Å²) in [6.07, 6.45) is 2.39. The Morgan fingerprint density at radius 1 is 1.47 bits per heavy atom. The molecule has 2 rings (SSSR count). The van der Waals surface area contributed by atoms with Crippen molar-refractivity contribution in [2.24, 2.45) is 0 Å². The van der Waals surface area contributed by atoms with Crippen LogP contribution in [0.1, 0.15) is 24.0 Å². The van der Waals surface area contributed by atoms with Crippen LogP contribution in [0.3, 0.4) is 0 Å². The Bertz CT molecular complexity index is 442. The van der Waals surface area contributed by atoms with Crippen molar-refractivity contribution in [1.29, 1.82) is 0 Å². The van der Waals surface area contributed by atoms with Crippen molar-refractivity contribution >= 4 is 17.7 Å². The Balaban J connectivity index is 1.74. The fraction of sp³-hybridized carbons (Fsp3) is 0.533. The van der Waals surface area contributed by atoms with Crippen LogP contribution >= 0.6 is 11.8 Å². The summed E-state index contributed by atoms with van der Waals surface area (Å²) in [6, 6.07) is 6.33. The molecule has 1 aliphatic rings. The van der Waals surface area contributed by atoms with Crippen LogP contribution in [0, 0.1) is 13.8 Å². The van der Waals surface area contributed by atoms with Crippen LogP contribution in [0.4, 0.5) is 0 Å². The first kappa shape index (κ1) is 14.4. The van der Waals surface area contributed by atoms with Crippen LogP contribution in [0.25, 0.3) is 0 Å². The highest BCUT2D eigenvalue weighted by atomic mass is 32.2. The van der Waals surface area contributed by atoms with Gasteiger partial charge in [-0.1, -0.05) is 17.7 Å². The summed E-state index contributed by atoms with van der Waals surface area (Å²) in [6.45, 7) is 5.62. The summed E-state index contributed by atoms with van der Waals surface area (Å²) >= 11 is 1.60. The lowest BCUT2D eigenvalue weighted by Gasteiger charge is -2.11. The maximum absolute atomic E-state index is 11.8. The van der Waals surface area contributed by atoms with Gasteiger partial charge < -0.3 is 10.1 Å². The SMILES string of the molecule is Cc1ccc(C)c(SCC(=O)NC[C@@H]2CCCO2)c1. The molecule has 0 bridgehead atoms. The molecule has 104 valence electrons. The first-order valence-electron chi connectivity index (χ1n) is 6.73. The number of carbonyl (C=O) groups is 1. The van der Waals surface area contributed by atoms with E-state index in [0.29, 0.717) is 12.3 Å². The summed E-state index contributed by atoms with van der Waals surface area (Å²) in [5.41, 5.74) is 2.45. The van der Waals surface area contributed by atoms with Crippen LogP contribution in [-0.2, 0) is 9.53 Å². The maximum atomic E-state index is 11.8. The molecule has 1 N–H and O–H groups in total. The van der Waals surface area contributed by atoms with Crippen LogP contribution < -0.4 is 5.32 Å². The van der Waals surface area contributed by atoms with Gasteiger partial charge in [0.1, 0.15) is 0 Å². The monoisotopic (exact) mass is 279 g/mol. The average Bonchev–Trinajstić information content (AvgIpc) is 2.90. The van der Waals surface area contributed by atoms with Crippen molar-refractivity contribution in [2.75, 3.05) is 18.9 Å². The van der Waals surface area contributed by atoms with Crippen LogP contribution in [-0.4, -0.2) is 30.9 Å². The van der Waals surface area contributed by atoms with Gasteiger partial charge in [0, 0.05) is 18.0 Å². The van der Waals surface area contributed by atoms with Crippen molar-refractivity contribution < 1.29 is 9.53 Å². The van der Waals surface area contributed by atoms with Crippen LogP contribution in [0.15, 0.2) is 23.1 Å². The Morgan fingerprint density at radius 3 is 3.05 bits per heavy atom. The molecule has 0 radical (unpaired) electrons. The number of aryl methyl sites for hydroxylation is 2. The number of hydrogen-bond donors (Lipinski definition) is 1. The summed E-state index contributed by atoms with van der Waals surface area (Å²) in [7, 11) is 0. The van der Waals surface area contributed by atoms with E-state index in [2.05, 4.69) is 37.4 Å². The quantitative estimate of drug-likeness (QED) is 0.842. The van der Waals surface area contributed by atoms with Crippen LogP contribution in [0.5, 0.6) is 0 Å². The molecule has 0 spiro atoms. The molecule has 3 nitrogen and oxygen atoms in total. The summed E-state index contributed by atoms with van der Waals surface area (Å²) < 4.78 is 5.48. The number of thioether (sulfide) groups is 1. The molecule has 1 atom stereocenters. The summed E-state index contributed by atoms with van der Waals surface area (Å²) in [5, 5.41) is 2.94. The minimum Gasteiger partial charge on any atom is -0.376 e. The first-order valence-corrected chi connectivity index (χ1v) is 7.72. The number of ether oxygens (including phenoxy) is 1. The normalized spacial score (nSPS) is 18.5. The van der Waals surface area contributed by atoms with Gasteiger partial charge in [0.25, 0.3) is 0 Å². The maximum Gasteiger partial charge on any atom is 0.230 e. The van der Waals surface area contributed by atoms with E-state index in [0.717, 1.165) is 19.4 Å². The van der Waals surface area contributed by atoms with E-state index in [1.165, 1.54) is 16.0 Å². The second kappa shape index (κ2) is 6.96. The van der Waals surface area contributed by atoms with E-state index in [1.807, 2.05) is 0 Å². The highest BCUT2D eigenvalue weighted by molar-refractivity contribution is 8.00. The van der Waals surface area contributed by atoms with E-state index in [1.54, 1.807) is 11.8 Å². The molecule has 0 unspecified atom stereocenters. The first-order chi connectivity index (χ1) is 9.15. The zero-order valence-electron chi connectivity index (χ0n) is 11.6. The number of carbonyl (C=O) groups excluding carboxylic acids is 1. The number of rotatable bonds is 5. The van der Waals surface area contributed by atoms with Gasteiger partial charge in [-0.3, -0.25) is 4.79 Å². The minimum atomic E-state index is 0.0846. The molecular weight excluding hydrogens is 258 g/mol. The highest BCUT2D eigenvalue weighted by Gasteiger charge is 2.16. The number of amides is 1. The Hall–Kier alpha value is -1.00. The third-order valence-corrected chi connectivity index (χ3v) is 4.41. The van der Waals surface area contributed by atoms with Crippen molar-refractivity contribution in [2.45, 2.75) is 37.7 Å². The predicted molar refractivity (Wildman–Crippen MR) is 78.6 cm³/mol. The smallest absolute Gasteiger partial charge is 0.230 e. The lowest BCUT2D eigenvalue weighted by Crippen LogP contribution is -2.32. The molecule has 19 heavy (non-hydrogen) atoms. The molecule has 0 saturated carbocycles. The second-order valence-corrected chi connectivity index (χ2v) is 6.01. The third kappa shape index (κ3) is 4.55. The molecule has 1 amide bonds. The van der Waals surface area contributed by atoms with Gasteiger partial charge >= 0.3 is 0 Å². The number of hydrogen-bond acceptors (Lipinski definition) is 3. The fourth-order valence-electron chi connectivity index (χ4n) is 2.09. The number of benzene rings is 1. The fourth-order valence-corrected chi connectivity index (χ4v) is 3.04. The van der Waals surface area contributed by atoms with E-state index < -0.39 is 0 Å². The summed E-state index contributed by atoms with van der Waals surface area (Å²) in [5.74, 6) is 0.554.